The van der Waals surface area contributed by atoms with Gasteiger partial charge in [0.1, 0.15) is 12.4 Å². The molecular weight excluding hydrogens is 388 g/mol. The number of amides is 2. The van der Waals surface area contributed by atoms with E-state index < -0.39 is 5.41 Å². The molecule has 1 aliphatic heterocycles. The predicted octanol–water partition coefficient (Wildman–Crippen LogP) is 4.93. The molecule has 0 spiro atoms. The second-order valence-electron chi connectivity index (χ2n) is 7.40. The Morgan fingerprint density at radius 3 is 2.79 bits per heavy atom. The molecule has 0 saturated heterocycles. The first-order chi connectivity index (χ1) is 13.8. The standard InChI is InChI=1S/C23H23ClN2O3/c1-4-13-26-19-11-10-17(14-20(19)29-15-23(2,3)22(26)28)25-21(27)12-9-16-7-5-6-8-18(16)24/h4-12,14H,1,13,15H2,2-3H3,(H,25,27)/b12-9+. The lowest BCUT2D eigenvalue weighted by atomic mass is 9.93. The van der Waals surface area contributed by atoms with Gasteiger partial charge in [0.05, 0.1) is 11.1 Å². The number of halogens is 1. The molecule has 2 aromatic carbocycles. The van der Waals surface area contributed by atoms with Gasteiger partial charge in [-0.3, -0.25) is 9.59 Å². The Hall–Kier alpha value is -3.05. The fraction of sp³-hybridized carbons (Fsp3) is 0.217. The third-order valence-corrected chi connectivity index (χ3v) is 4.91. The third-order valence-electron chi connectivity index (χ3n) is 4.56. The molecule has 0 aromatic heterocycles. The van der Waals surface area contributed by atoms with Gasteiger partial charge in [0, 0.05) is 29.4 Å². The van der Waals surface area contributed by atoms with E-state index in [2.05, 4.69) is 11.9 Å². The van der Waals surface area contributed by atoms with Crippen LogP contribution in [0.4, 0.5) is 11.4 Å². The molecule has 29 heavy (non-hydrogen) atoms. The van der Waals surface area contributed by atoms with E-state index in [1.165, 1.54) is 6.08 Å². The van der Waals surface area contributed by atoms with Gasteiger partial charge in [-0.2, -0.15) is 0 Å². The van der Waals surface area contributed by atoms with Crippen molar-refractivity contribution in [2.75, 3.05) is 23.4 Å². The van der Waals surface area contributed by atoms with Gasteiger partial charge in [0.15, 0.2) is 0 Å². The van der Waals surface area contributed by atoms with E-state index in [-0.39, 0.29) is 18.4 Å². The number of anilines is 2. The Morgan fingerprint density at radius 2 is 2.07 bits per heavy atom. The number of fused-ring (bicyclic) bond motifs is 1. The van der Waals surface area contributed by atoms with Crippen LogP contribution in [0.25, 0.3) is 6.08 Å². The highest BCUT2D eigenvalue weighted by Gasteiger charge is 2.37. The number of ether oxygens (including phenoxy) is 1. The fourth-order valence-corrected chi connectivity index (χ4v) is 3.19. The van der Waals surface area contributed by atoms with Crippen molar-refractivity contribution in [1.82, 2.24) is 0 Å². The maximum absolute atomic E-state index is 12.8. The number of hydrogen-bond acceptors (Lipinski definition) is 3. The monoisotopic (exact) mass is 410 g/mol. The van der Waals surface area contributed by atoms with Crippen LogP contribution >= 0.6 is 11.6 Å². The number of nitrogens with one attached hydrogen (secondary N) is 1. The van der Waals surface area contributed by atoms with Crippen LogP contribution in [0.15, 0.2) is 61.2 Å². The van der Waals surface area contributed by atoms with Crippen LogP contribution in [-0.4, -0.2) is 25.0 Å². The highest BCUT2D eigenvalue weighted by Crippen LogP contribution is 2.38. The largest absolute Gasteiger partial charge is 0.490 e. The van der Waals surface area contributed by atoms with Crippen LogP contribution in [-0.2, 0) is 9.59 Å². The smallest absolute Gasteiger partial charge is 0.248 e. The van der Waals surface area contributed by atoms with Gasteiger partial charge in [0.25, 0.3) is 0 Å². The molecule has 1 aliphatic rings. The van der Waals surface area contributed by atoms with Crippen molar-refractivity contribution in [3.63, 3.8) is 0 Å². The SMILES string of the molecule is C=CCN1C(=O)C(C)(C)COc2cc(NC(=O)/C=C/c3ccccc3Cl)ccc21. The normalized spacial score (nSPS) is 15.4. The van der Waals surface area contributed by atoms with Gasteiger partial charge < -0.3 is 15.0 Å². The Bertz CT molecular complexity index is 982. The summed E-state index contributed by atoms with van der Waals surface area (Å²) in [7, 11) is 0. The molecule has 0 fully saturated rings. The van der Waals surface area contributed by atoms with Crippen molar-refractivity contribution < 1.29 is 14.3 Å². The van der Waals surface area contributed by atoms with Gasteiger partial charge in [0.2, 0.25) is 11.8 Å². The second-order valence-corrected chi connectivity index (χ2v) is 7.81. The first-order valence-corrected chi connectivity index (χ1v) is 9.63. The first kappa shape index (κ1) is 20.7. The lowest BCUT2D eigenvalue weighted by Crippen LogP contribution is -2.42. The van der Waals surface area contributed by atoms with Crippen molar-refractivity contribution in [1.29, 1.82) is 0 Å². The minimum atomic E-state index is -0.664. The van der Waals surface area contributed by atoms with Gasteiger partial charge in [-0.15, -0.1) is 6.58 Å². The fourth-order valence-electron chi connectivity index (χ4n) is 3.00. The number of nitrogens with zero attached hydrogens (tertiary/aromatic N) is 1. The summed E-state index contributed by atoms with van der Waals surface area (Å²) in [6.45, 7) is 8.06. The molecule has 6 heteroatoms. The van der Waals surface area contributed by atoms with Gasteiger partial charge in [-0.1, -0.05) is 35.9 Å². The van der Waals surface area contributed by atoms with Gasteiger partial charge in [-0.25, -0.2) is 0 Å². The topological polar surface area (TPSA) is 58.6 Å². The second kappa shape index (κ2) is 8.53. The average molecular weight is 411 g/mol. The summed E-state index contributed by atoms with van der Waals surface area (Å²) in [5.74, 6) is 0.215. The van der Waals surface area contributed by atoms with E-state index in [0.717, 1.165) is 5.56 Å². The highest BCUT2D eigenvalue weighted by molar-refractivity contribution is 6.32. The van der Waals surface area contributed by atoms with Gasteiger partial charge >= 0.3 is 0 Å². The van der Waals surface area contributed by atoms with E-state index >= 15 is 0 Å². The molecule has 0 aliphatic carbocycles. The molecule has 150 valence electrons. The number of rotatable bonds is 5. The molecule has 2 aromatic rings. The molecule has 5 nitrogen and oxygen atoms in total. The third kappa shape index (κ3) is 4.69. The molecule has 1 N–H and O–H groups in total. The number of carbonyl (C=O) groups excluding carboxylic acids is 2. The predicted molar refractivity (Wildman–Crippen MR) is 117 cm³/mol. The maximum atomic E-state index is 12.8. The van der Waals surface area contributed by atoms with Crippen LogP contribution in [0.2, 0.25) is 5.02 Å². The summed E-state index contributed by atoms with van der Waals surface area (Å²) in [6, 6.07) is 12.5. The van der Waals surface area contributed by atoms with E-state index in [4.69, 9.17) is 16.3 Å². The zero-order chi connectivity index (χ0) is 21.0. The minimum absolute atomic E-state index is 0.0318. The summed E-state index contributed by atoms with van der Waals surface area (Å²) in [5.41, 5.74) is 1.33. The summed E-state index contributed by atoms with van der Waals surface area (Å²) >= 11 is 6.10. The summed E-state index contributed by atoms with van der Waals surface area (Å²) in [6.07, 6.45) is 4.76. The molecule has 0 atom stereocenters. The lowest BCUT2D eigenvalue weighted by Gasteiger charge is -2.27. The Balaban J connectivity index is 1.81. The molecule has 0 radical (unpaired) electrons. The molecule has 0 unspecified atom stereocenters. The quantitative estimate of drug-likeness (QED) is 0.561. The maximum Gasteiger partial charge on any atom is 0.248 e. The van der Waals surface area contributed by atoms with Crippen LogP contribution in [0, 0.1) is 5.41 Å². The van der Waals surface area contributed by atoms with Crippen molar-refractivity contribution >= 4 is 40.9 Å². The zero-order valence-electron chi connectivity index (χ0n) is 16.4. The van der Waals surface area contributed by atoms with Crippen LogP contribution in [0.5, 0.6) is 5.75 Å². The van der Waals surface area contributed by atoms with E-state index in [1.807, 2.05) is 32.0 Å². The number of hydrogen-bond donors (Lipinski definition) is 1. The Morgan fingerprint density at radius 1 is 1.31 bits per heavy atom. The van der Waals surface area contributed by atoms with Crippen LogP contribution < -0.4 is 15.0 Å². The van der Waals surface area contributed by atoms with E-state index in [9.17, 15) is 9.59 Å². The average Bonchev–Trinajstić information content (AvgIpc) is 2.78. The minimum Gasteiger partial charge on any atom is -0.490 e. The molecule has 0 saturated carbocycles. The summed E-state index contributed by atoms with van der Waals surface area (Å²) in [4.78, 5) is 26.8. The van der Waals surface area contributed by atoms with E-state index in [0.29, 0.717) is 28.7 Å². The lowest BCUT2D eigenvalue weighted by molar-refractivity contribution is -0.127. The Kier molecular flexibility index (Phi) is 6.09. The zero-order valence-corrected chi connectivity index (χ0v) is 17.2. The van der Waals surface area contributed by atoms with E-state index in [1.54, 1.807) is 41.3 Å². The van der Waals surface area contributed by atoms with Crippen LogP contribution in [0.1, 0.15) is 19.4 Å². The van der Waals surface area contributed by atoms with Gasteiger partial charge in [-0.05, 0) is 43.7 Å². The van der Waals surface area contributed by atoms with Crippen molar-refractivity contribution in [2.24, 2.45) is 5.41 Å². The summed E-state index contributed by atoms with van der Waals surface area (Å²) < 4.78 is 5.89. The molecule has 1 heterocycles. The van der Waals surface area contributed by atoms with Crippen molar-refractivity contribution in [2.45, 2.75) is 13.8 Å². The van der Waals surface area contributed by atoms with Crippen molar-refractivity contribution in [3.8, 4) is 5.75 Å². The number of benzene rings is 2. The first-order valence-electron chi connectivity index (χ1n) is 9.25. The molecule has 0 bridgehead atoms. The highest BCUT2D eigenvalue weighted by atomic mass is 35.5. The molecule has 2 amide bonds. The molecule has 3 rings (SSSR count). The molecular formula is C23H23ClN2O3. The summed E-state index contributed by atoms with van der Waals surface area (Å²) in [5, 5.41) is 3.38. The van der Waals surface area contributed by atoms with Crippen molar-refractivity contribution in [3.05, 3.63) is 71.8 Å². The number of carbonyl (C=O) groups is 2. The van der Waals surface area contributed by atoms with Crippen LogP contribution in [0.3, 0.4) is 0 Å². The Labute approximate surface area is 175 Å².